The number of nitrogens with zero attached hydrogens (tertiary/aromatic N) is 1. The molecule has 15 heavy (non-hydrogen) atoms. The van der Waals surface area contributed by atoms with Gasteiger partial charge in [-0.1, -0.05) is 13.8 Å². The Labute approximate surface area is 94.9 Å². The van der Waals surface area contributed by atoms with Gasteiger partial charge in [-0.25, -0.2) is 0 Å². The van der Waals surface area contributed by atoms with E-state index in [2.05, 4.69) is 0 Å². The van der Waals surface area contributed by atoms with Gasteiger partial charge in [0.15, 0.2) is 0 Å². The van der Waals surface area contributed by atoms with E-state index in [-0.39, 0.29) is 11.8 Å². The van der Waals surface area contributed by atoms with E-state index in [1.165, 1.54) is 22.7 Å². The zero-order chi connectivity index (χ0) is 11.8. The van der Waals surface area contributed by atoms with E-state index in [1.807, 2.05) is 34.6 Å². The first kappa shape index (κ1) is 12.3. The van der Waals surface area contributed by atoms with E-state index < -0.39 is 5.54 Å². The third-order valence-electron chi connectivity index (χ3n) is 1.92. The summed E-state index contributed by atoms with van der Waals surface area (Å²) in [6, 6.07) is 0. The average Bonchev–Trinajstić information content (AvgIpc) is 2.23. The van der Waals surface area contributed by atoms with Crippen LogP contribution in [0.25, 0.3) is 0 Å². The second kappa shape index (κ2) is 4.00. The molecule has 1 heterocycles. The lowest BCUT2D eigenvalue weighted by molar-refractivity contribution is -0.142. The molecule has 0 radical (unpaired) electrons. The third-order valence-corrected chi connectivity index (χ3v) is 2.94. The maximum atomic E-state index is 11.9. The molecule has 0 aromatic carbocycles. The summed E-state index contributed by atoms with van der Waals surface area (Å²) in [5.74, 6) is -0.359. The van der Waals surface area contributed by atoms with E-state index in [4.69, 9.17) is 0 Å². The van der Waals surface area contributed by atoms with Crippen LogP contribution >= 0.6 is 11.8 Å². The number of carbonyl (C=O) groups is 2. The molecule has 0 N–H and O–H groups in total. The minimum absolute atomic E-state index is 0.161. The molecule has 0 spiro atoms. The number of rotatable bonds is 2. The summed E-state index contributed by atoms with van der Waals surface area (Å²) in [7, 11) is 0. The second-order valence-electron chi connectivity index (χ2n) is 4.82. The fourth-order valence-corrected chi connectivity index (χ4v) is 2.29. The molecule has 2 amide bonds. The Morgan fingerprint density at radius 3 is 2.13 bits per heavy atom. The van der Waals surface area contributed by atoms with Crippen LogP contribution in [0.5, 0.6) is 0 Å². The Morgan fingerprint density at radius 1 is 1.27 bits per heavy atom. The first-order chi connectivity index (χ1) is 6.73. The van der Waals surface area contributed by atoms with Gasteiger partial charge in [-0.15, -0.1) is 11.8 Å². The molecule has 84 valence electrons. The third kappa shape index (κ3) is 2.62. The van der Waals surface area contributed by atoms with Crippen molar-refractivity contribution in [1.29, 1.82) is 0 Å². The summed E-state index contributed by atoms with van der Waals surface area (Å²) in [4.78, 5) is 25.4. The number of hydrogen-bond donors (Lipinski definition) is 0. The van der Waals surface area contributed by atoms with Crippen LogP contribution in [0.1, 0.15) is 34.6 Å². The van der Waals surface area contributed by atoms with Gasteiger partial charge in [-0.05, 0) is 20.8 Å². The Kier molecular flexibility index (Phi) is 3.28. The van der Waals surface area contributed by atoms with Gasteiger partial charge in [-0.3, -0.25) is 14.5 Å². The van der Waals surface area contributed by atoms with Crippen LogP contribution in [-0.2, 0) is 9.59 Å². The Bertz CT molecular complexity index is 326. The number of amides is 2. The van der Waals surface area contributed by atoms with Gasteiger partial charge < -0.3 is 0 Å². The minimum Gasteiger partial charge on any atom is -0.269 e. The Balaban J connectivity index is 2.88. The van der Waals surface area contributed by atoms with E-state index in [0.717, 1.165) is 0 Å². The second-order valence-corrected chi connectivity index (χ2v) is 6.44. The van der Waals surface area contributed by atoms with Crippen molar-refractivity contribution in [3.05, 3.63) is 11.0 Å². The van der Waals surface area contributed by atoms with Gasteiger partial charge in [-0.2, -0.15) is 0 Å². The molecule has 0 saturated carbocycles. The fourth-order valence-electron chi connectivity index (χ4n) is 1.42. The fraction of sp³-hybridized carbons (Fsp3) is 0.636. The van der Waals surface area contributed by atoms with Crippen molar-refractivity contribution in [2.45, 2.75) is 45.4 Å². The summed E-state index contributed by atoms with van der Waals surface area (Å²) >= 11 is 1.44. The molecule has 3 nitrogen and oxygen atoms in total. The van der Waals surface area contributed by atoms with Gasteiger partial charge in [0.2, 0.25) is 0 Å². The molecule has 0 bridgehead atoms. The van der Waals surface area contributed by atoms with Gasteiger partial charge in [0.1, 0.15) is 0 Å². The summed E-state index contributed by atoms with van der Waals surface area (Å²) in [5.41, 5.74) is -0.441. The first-order valence-corrected chi connectivity index (χ1v) is 5.88. The van der Waals surface area contributed by atoms with Crippen molar-refractivity contribution >= 4 is 23.6 Å². The van der Waals surface area contributed by atoms with Crippen LogP contribution in [0.15, 0.2) is 11.0 Å². The first-order valence-electron chi connectivity index (χ1n) is 5.00. The summed E-state index contributed by atoms with van der Waals surface area (Å²) in [5, 5.41) is 0.313. The molecular weight excluding hydrogens is 210 g/mol. The number of imide groups is 1. The maximum absolute atomic E-state index is 11.9. The molecule has 0 aliphatic carbocycles. The van der Waals surface area contributed by atoms with Gasteiger partial charge >= 0.3 is 0 Å². The molecule has 0 saturated heterocycles. The molecule has 0 unspecified atom stereocenters. The average molecular weight is 227 g/mol. The molecule has 0 aromatic rings. The molecule has 1 aliphatic rings. The normalized spacial score (nSPS) is 17.7. The summed E-state index contributed by atoms with van der Waals surface area (Å²) in [6.07, 6.45) is 1.44. The van der Waals surface area contributed by atoms with E-state index in [1.54, 1.807) is 0 Å². The standard InChI is InChI=1S/C11H17NO2S/c1-7(2)15-8-6-9(13)12(10(8)14)11(3,4)5/h6-7H,1-5H3. The zero-order valence-electron chi connectivity index (χ0n) is 9.83. The van der Waals surface area contributed by atoms with E-state index in [9.17, 15) is 9.59 Å². The largest absolute Gasteiger partial charge is 0.269 e. The Hall–Kier alpha value is -0.770. The van der Waals surface area contributed by atoms with Crippen LogP contribution in [-0.4, -0.2) is 27.5 Å². The van der Waals surface area contributed by atoms with Crippen molar-refractivity contribution in [1.82, 2.24) is 4.90 Å². The highest BCUT2D eigenvalue weighted by Crippen LogP contribution is 2.31. The predicted molar refractivity (Wildman–Crippen MR) is 62.4 cm³/mol. The van der Waals surface area contributed by atoms with Crippen molar-refractivity contribution in [2.75, 3.05) is 0 Å². The highest BCUT2D eigenvalue weighted by molar-refractivity contribution is 8.04. The van der Waals surface area contributed by atoms with Crippen LogP contribution < -0.4 is 0 Å². The van der Waals surface area contributed by atoms with Crippen molar-refractivity contribution in [3.8, 4) is 0 Å². The molecule has 1 rings (SSSR count). The number of carbonyl (C=O) groups excluding carboxylic acids is 2. The lowest BCUT2D eigenvalue weighted by atomic mass is 10.1. The van der Waals surface area contributed by atoms with Crippen LogP contribution in [0.4, 0.5) is 0 Å². The minimum atomic E-state index is -0.441. The van der Waals surface area contributed by atoms with Gasteiger partial charge in [0, 0.05) is 16.9 Å². The van der Waals surface area contributed by atoms with Crippen molar-refractivity contribution < 1.29 is 9.59 Å². The molecule has 0 fully saturated rings. The van der Waals surface area contributed by atoms with E-state index in [0.29, 0.717) is 10.2 Å². The van der Waals surface area contributed by atoms with Gasteiger partial charge in [0.05, 0.1) is 4.91 Å². The molecular formula is C11H17NO2S. The molecule has 0 aromatic heterocycles. The lowest BCUT2D eigenvalue weighted by Crippen LogP contribution is -2.45. The predicted octanol–water partition coefficient (Wildman–Crippen LogP) is 2.18. The topological polar surface area (TPSA) is 37.4 Å². The van der Waals surface area contributed by atoms with E-state index >= 15 is 0 Å². The zero-order valence-corrected chi connectivity index (χ0v) is 10.6. The summed E-state index contributed by atoms with van der Waals surface area (Å²) < 4.78 is 0. The lowest BCUT2D eigenvalue weighted by Gasteiger charge is -2.30. The maximum Gasteiger partial charge on any atom is 0.267 e. The monoisotopic (exact) mass is 227 g/mol. The Morgan fingerprint density at radius 2 is 1.80 bits per heavy atom. The van der Waals surface area contributed by atoms with Crippen LogP contribution in [0, 0.1) is 0 Å². The van der Waals surface area contributed by atoms with Crippen molar-refractivity contribution in [2.24, 2.45) is 0 Å². The number of hydrogen-bond acceptors (Lipinski definition) is 3. The smallest absolute Gasteiger partial charge is 0.267 e. The molecule has 0 atom stereocenters. The number of thioether (sulfide) groups is 1. The molecule has 1 aliphatic heterocycles. The molecule has 4 heteroatoms. The van der Waals surface area contributed by atoms with Crippen LogP contribution in [0.2, 0.25) is 0 Å². The quantitative estimate of drug-likeness (QED) is 0.679. The SMILES string of the molecule is CC(C)SC1=CC(=O)N(C(C)(C)C)C1=O. The highest BCUT2D eigenvalue weighted by atomic mass is 32.2. The van der Waals surface area contributed by atoms with Gasteiger partial charge in [0.25, 0.3) is 11.8 Å². The van der Waals surface area contributed by atoms with Crippen molar-refractivity contribution in [3.63, 3.8) is 0 Å². The van der Waals surface area contributed by atoms with Crippen LogP contribution in [0.3, 0.4) is 0 Å². The highest BCUT2D eigenvalue weighted by Gasteiger charge is 2.38. The summed E-state index contributed by atoms with van der Waals surface area (Å²) in [6.45, 7) is 9.59.